The van der Waals surface area contributed by atoms with Crippen molar-refractivity contribution >= 4 is 30.0 Å². The van der Waals surface area contributed by atoms with Crippen LogP contribution in [0.15, 0.2) is 23.2 Å². The molecule has 19 heavy (non-hydrogen) atoms. The highest BCUT2D eigenvalue weighted by molar-refractivity contribution is 9.10. The van der Waals surface area contributed by atoms with Gasteiger partial charge in [0.25, 0.3) is 0 Å². The Morgan fingerprint density at radius 3 is 2.21 bits per heavy atom. The first-order valence-corrected chi connectivity index (χ1v) is 9.68. The van der Waals surface area contributed by atoms with Gasteiger partial charge in [0, 0.05) is 6.07 Å². The molecule has 0 fully saturated rings. The minimum Gasteiger partial charge on any atom is -0.543 e. The molecule has 5 heteroatoms. The summed E-state index contributed by atoms with van der Waals surface area (Å²) in [4.78, 5) is 0. The summed E-state index contributed by atoms with van der Waals surface area (Å²) in [5, 5.41) is -0.0102. The Morgan fingerprint density at radius 1 is 1.21 bits per heavy atom. The number of rotatable bonds is 3. The number of benzene rings is 1. The topological polar surface area (TPSA) is 9.23 Å². The number of hydrogen-bond acceptors (Lipinski definition) is 1. The minimum absolute atomic E-state index is 0.0102. The van der Waals surface area contributed by atoms with Gasteiger partial charge in [-0.1, -0.05) is 27.4 Å². The third-order valence-corrected chi connectivity index (χ3v) is 8.47. The molecule has 0 aliphatic carbocycles. The molecule has 0 spiro atoms. The lowest BCUT2D eigenvalue weighted by Gasteiger charge is -2.37. The van der Waals surface area contributed by atoms with Crippen molar-refractivity contribution in [3.05, 3.63) is 40.4 Å². The zero-order valence-corrected chi connectivity index (χ0v) is 14.5. The van der Waals surface area contributed by atoms with Crippen molar-refractivity contribution in [2.45, 2.75) is 38.9 Å². The standard InChI is InChI=1S/C14H19BrF2OSi/c1-9(18-19(5,6)14(2,3)4)10-7-11(15)13(17)8-12(10)16/h7-8H,1H2,2-6H3. The molecule has 0 N–H and O–H groups in total. The zero-order chi connectivity index (χ0) is 15.0. The average Bonchev–Trinajstić information content (AvgIpc) is 2.20. The van der Waals surface area contributed by atoms with Crippen LogP contribution in [0.2, 0.25) is 18.1 Å². The first-order chi connectivity index (χ1) is 8.45. The van der Waals surface area contributed by atoms with Gasteiger partial charge in [0.1, 0.15) is 17.4 Å². The summed E-state index contributed by atoms with van der Waals surface area (Å²) < 4.78 is 33.1. The van der Waals surface area contributed by atoms with E-state index in [0.717, 1.165) is 6.07 Å². The van der Waals surface area contributed by atoms with Crippen molar-refractivity contribution in [2.24, 2.45) is 0 Å². The summed E-state index contributed by atoms with van der Waals surface area (Å²) in [6.45, 7) is 14.1. The van der Waals surface area contributed by atoms with Gasteiger partial charge in [-0.25, -0.2) is 8.78 Å². The van der Waals surface area contributed by atoms with E-state index in [4.69, 9.17) is 4.43 Å². The van der Waals surface area contributed by atoms with E-state index in [0.29, 0.717) is 0 Å². The van der Waals surface area contributed by atoms with Crippen LogP contribution < -0.4 is 0 Å². The summed E-state index contributed by atoms with van der Waals surface area (Å²) in [6.07, 6.45) is 0. The fourth-order valence-corrected chi connectivity index (χ4v) is 2.63. The Kier molecular flexibility index (Phi) is 4.62. The molecule has 0 unspecified atom stereocenters. The molecule has 1 nitrogen and oxygen atoms in total. The lowest BCUT2D eigenvalue weighted by Crippen LogP contribution is -2.40. The SMILES string of the molecule is C=C(O[Si](C)(C)C(C)(C)C)c1cc(Br)c(F)cc1F. The van der Waals surface area contributed by atoms with Crippen LogP contribution in [-0.4, -0.2) is 8.32 Å². The molecule has 0 aliphatic heterocycles. The summed E-state index contributed by atoms with van der Waals surface area (Å²) in [6, 6.07) is 2.19. The van der Waals surface area contributed by atoms with Gasteiger partial charge in [-0.2, -0.15) is 0 Å². The zero-order valence-electron chi connectivity index (χ0n) is 11.9. The fraction of sp³-hybridized carbons (Fsp3) is 0.429. The molecule has 0 heterocycles. The Bertz CT molecular complexity index is 507. The van der Waals surface area contributed by atoms with Gasteiger partial charge in [-0.15, -0.1) is 0 Å². The quantitative estimate of drug-likeness (QED) is 0.385. The lowest BCUT2D eigenvalue weighted by molar-refractivity contribution is 0.454. The molecule has 0 aromatic heterocycles. The molecule has 1 aromatic carbocycles. The normalized spacial score (nSPS) is 12.4. The highest BCUT2D eigenvalue weighted by atomic mass is 79.9. The van der Waals surface area contributed by atoms with Crippen molar-refractivity contribution in [1.29, 1.82) is 0 Å². The van der Waals surface area contributed by atoms with Crippen LogP contribution in [0.25, 0.3) is 5.76 Å². The van der Waals surface area contributed by atoms with E-state index in [2.05, 4.69) is 56.4 Å². The van der Waals surface area contributed by atoms with E-state index in [1.165, 1.54) is 6.07 Å². The number of hydrogen-bond donors (Lipinski definition) is 0. The number of halogens is 3. The van der Waals surface area contributed by atoms with E-state index < -0.39 is 20.0 Å². The first-order valence-electron chi connectivity index (χ1n) is 5.98. The van der Waals surface area contributed by atoms with E-state index in [9.17, 15) is 8.78 Å². The largest absolute Gasteiger partial charge is 0.543 e. The Morgan fingerprint density at radius 2 is 1.74 bits per heavy atom. The van der Waals surface area contributed by atoms with Crippen LogP contribution in [0.4, 0.5) is 8.78 Å². The van der Waals surface area contributed by atoms with Crippen molar-refractivity contribution < 1.29 is 13.2 Å². The monoisotopic (exact) mass is 348 g/mol. The fourth-order valence-electron chi connectivity index (χ4n) is 1.25. The van der Waals surface area contributed by atoms with Crippen molar-refractivity contribution in [2.75, 3.05) is 0 Å². The second-order valence-corrected chi connectivity index (χ2v) is 11.6. The molecule has 0 saturated heterocycles. The van der Waals surface area contributed by atoms with E-state index in [-0.39, 0.29) is 20.8 Å². The summed E-state index contributed by atoms with van der Waals surface area (Å²) in [7, 11) is -2.08. The Labute approximate surface area is 122 Å². The van der Waals surface area contributed by atoms with Crippen LogP contribution in [0, 0.1) is 11.6 Å². The molecule has 0 radical (unpaired) electrons. The highest BCUT2D eigenvalue weighted by Crippen LogP contribution is 2.39. The molecule has 0 saturated carbocycles. The van der Waals surface area contributed by atoms with Crippen LogP contribution in [0.1, 0.15) is 26.3 Å². The first kappa shape index (κ1) is 16.4. The van der Waals surface area contributed by atoms with Gasteiger partial charge < -0.3 is 4.43 Å². The maximum absolute atomic E-state index is 13.8. The average molecular weight is 349 g/mol. The van der Waals surface area contributed by atoms with Crippen molar-refractivity contribution in [1.82, 2.24) is 0 Å². The van der Waals surface area contributed by atoms with E-state index in [1.807, 2.05) is 0 Å². The summed E-state index contributed by atoms with van der Waals surface area (Å²) in [5.74, 6) is -1.05. The third-order valence-electron chi connectivity index (χ3n) is 3.49. The molecule has 0 atom stereocenters. The van der Waals surface area contributed by atoms with Gasteiger partial charge >= 0.3 is 0 Å². The molecule has 106 valence electrons. The van der Waals surface area contributed by atoms with Crippen molar-refractivity contribution in [3.63, 3.8) is 0 Å². The smallest absolute Gasteiger partial charge is 0.250 e. The van der Waals surface area contributed by atoms with Gasteiger partial charge in [0.05, 0.1) is 10.0 Å². The molecule has 0 bridgehead atoms. The van der Waals surface area contributed by atoms with Gasteiger partial charge in [0.2, 0.25) is 8.32 Å². The van der Waals surface area contributed by atoms with E-state index in [1.54, 1.807) is 0 Å². The van der Waals surface area contributed by atoms with Gasteiger partial charge in [0.15, 0.2) is 0 Å². The summed E-state index contributed by atoms with van der Waals surface area (Å²) in [5.41, 5.74) is 0.193. The second-order valence-electron chi connectivity index (χ2n) is 6.03. The molecule has 0 amide bonds. The Balaban J connectivity index is 3.06. The molecule has 0 aliphatic rings. The predicted octanol–water partition coefficient (Wildman–Crippen LogP) is 5.72. The van der Waals surface area contributed by atoms with Crippen molar-refractivity contribution in [3.8, 4) is 0 Å². The van der Waals surface area contributed by atoms with Crippen LogP contribution in [0.5, 0.6) is 0 Å². The van der Waals surface area contributed by atoms with Gasteiger partial charge in [-0.05, 0) is 40.1 Å². The second kappa shape index (κ2) is 5.36. The Hall–Kier alpha value is -0.683. The molecular weight excluding hydrogens is 330 g/mol. The van der Waals surface area contributed by atoms with Gasteiger partial charge in [-0.3, -0.25) is 0 Å². The maximum atomic E-state index is 13.8. The third kappa shape index (κ3) is 3.66. The molecule has 1 aromatic rings. The minimum atomic E-state index is -2.08. The maximum Gasteiger partial charge on any atom is 0.250 e. The lowest BCUT2D eigenvalue weighted by atomic mass is 10.2. The van der Waals surface area contributed by atoms with Crippen LogP contribution in [-0.2, 0) is 4.43 Å². The van der Waals surface area contributed by atoms with E-state index >= 15 is 0 Å². The highest BCUT2D eigenvalue weighted by Gasteiger charge is 2.39. The predicted molar refractivity (Wildman–Crippen MR) is 81.4 cm³/mol. The summed E-state index contributed by atoms with van der Waals surface area (Å²) >= 11 is 3.04. The van der Waals surface area contributed by atoms with Crippen LogP contribution in [0.3, 0.4) is 0 Å². The molecular formula is C14H19BrF2OSi. The molecule has 1 rings (SSSR count). The van der Waals surface area contributed by atoms with Crippen LogP contribution >= 0.6 is 15.9 Å².